The van der Waals surface area contributed by atoms with Crippen LogP contribution in [0.3, 0.4) is 0 Å². The predicted molar refractivity (Wildman–Crippen MR) is 93.1 cm³/mol. The smallest absolute Gasteiger partial charge is 0.128 e. The third kappa shape index (κ3) is 6.04. The Morgan fingerprint density at radius 1 is 1.10 bits per heavy atom. The molecule has 1 aromatic heterocycles. The van der Waals surface area contributed by atoms with Crippen molar-refractivity contribution in [2.45, 2.75) is 72.4 Å². The zero-order valence-electron chi connectivity index (χ0n) is 15.2. The van der Waals surface area contributed by atoms with Crippen molar-refractivity contribution >= 4 is 5.82 Å². The van der Waals surface area contributed by atoms with E-state index in [1.807, 2.05) is 0 Å². The molecular formula is C18H33N3. The standard InChI is InChI=1S/C18H33N3/c1-9-10-21(8)16-12-14(13-19-18(5,6)7)11-15(20-16)17(2,3)4/h11-12,19H,9-10,13H2,1-8H3. The molecule has 3 heteroatoms. The van der Waals surface area contributed by atoms with Crippen LogP contribution in [0.2, 0.25) is 0 Å². The van der Waals surface area contributed by atoms with Crippen LogP contribution in [0.1, 0.15) is 66.1 Å². The van der Waals surface area contributed by atoms with Crippen molar-refractivity contribution < 1.29 is 0 Å². The highest BCUT2D eigenvalue weighted by atomic mass is 15.2. The Hall–Kier alpha value is -1.09. The van der Waals surface area contributed by atoms with Gasteiger partial charge in [0.2, 0.25) is 0 Å². The topological polar surface area (TPSA) is 28.2 Å². The molecule has 0 saturated heterocycles. The van der Waals surface area contributed by atoms with Gasteiger partial charge in [0.15, 0.2) is 0 Å². The molecule has 1 N–H and O–H groups in total. The molecule has 21 heavy (non-hydrogen) atoms. The maximum atomic E-state index is 4.87. The molecule has 0 fully saturated rings. The lowest BCUT2D eigenvalue weighted by Crippen LogP contribution is -2.35. The van der Waals surface area contributed by atoms with E-state index in [0.29, 0.717) is 0 Å². The van der Waals surface area contributed by atoms with Gasteiger partial charge in [-0.3, -0.25) is 0 Å². The number of anilines is 1. The first-order valence-electron chi connectivity index (χ1n) is 8.00. The fraction of sp³-hybridized carbons (Fsp3) is 0.722. The fourth-order valence-electron chi connectivity index (χ4n) is 2.07. The molecule has 1 rings (SSSR count). The van der Waals surface area contributed by atoms with Crippen LogP contribution >= 0.6 is 0 Å². The molecule has 0 spiro atoms. The second-order valence-corrected chi connectivity index (χ2v) is 7.99. The van der Waals surface area contributed by atoms with E-state index in [9.17, 15) is 0 Å². The maximum absolute atomic E-state index is 4.87. The molecule has 0 aliphatic carbocycles. The molecular weight excluding hydrogens is 258 g/mol. The van der Waals surface area contributed by atoms with Crippen molar-refractivity contribution in [2.75, 3.05) is 18.5 Å². The summed E-state index contributed by atoms with van der Waals surface area (Å²) in [4.78, 5) is 7.11. The molecule has 0 amide bonds. The van der Waals surface area contributed by atoms with Gasteiger partial charge in [0, 0.05) is 36.8 Å². The summed E-state index contributed by atoms with van der Waals surface area (Å²) in [7, 11) is 2.12. The molecule has 0 aromatic carbocycles. The average molecular weight is 291 g/mol. The number of rotatable bonds is 5. The molecule has 0 atom stereocenters. The number of nitrogens with zero attached hydrogens (tertiary/aromatic N) is 2. The summed E-state index contributed by atoms with van der Waals surface area (Å²) in [6, 6.07) is 4.45. The Morgan fingerprint density at radius 3 is 2.19 bits per heavy atom. The molecule has 0 bridgehead atoms. The summed E-state index contributed by atoms with van der Waals surface area (Å²) in [5.74, 6) is 1.08. The van der Waals surface area contributed by atoms with Crippen molar-refractivity contribution in [3.63, 3.8) is 0 Å². The minimum Gasteiger partial charge on any atom is -0.360 e. The normalized spacial score (nSPS) is 12.6. The zero-order valence-corrected chi connectivity index (χ0v) is 15.2. The maximum Gasteiger partial charge on any atom is 0.128 e. The molecule has 0 saturated carbocycles. The van der Waals surface area contributed by atoms with Crippen LogP contribution < -0.4 is 10.2 Å². The van der Waals surface area contributed by atoms with Crippen LogP contribution in [0, 0.1) is 0 Å². The van der Waals surface area contributed by atoms with Crippen LogP contribution in [-0.2, 0) is 12.0 Å². The lowest BCUT2D eigenvalue weighted by Gasteiger charge is -2.25. The van der Waals surface area contributed by atoms with Gasteiger partial charge in [0.25, 0.3) is 0 Å². The van der Waals surface area contributed by atoms with E-state index in [-0.39, 0.29) is 11.0 Å². The van der Waals surface area contributed by atoms with Gasteiger partial charge in [-0.15, -0.1) is 0 Å². The van der Waals surface area contributed by atoms with E-state index in [1.54, 1.807) is 0 Å². The Balaban J connectivity index is 3.09. The summed E-state index contributed by atoms with van der Waals surface area (Å²) in [6.07, 6.45) is 1.13. The molecule has 1 heterocycles. The number of hydrogen-bond donors (Lipinski definition) is 1. The molecule has 120 valence electrons. The van der Waals surface area contributed by atoms with Crippen molar-refractivity contribution in [1.29, 1.82) is 0 Å². The second-order valence-electron chi connectivity index (χ2n) is 7.99. The van der Waals surface area contributed by atoms with Gasteiger partial charge in [-0.1, -0.05) is 27.7 Å². The van der Waals surface area contributed by atoms with Crippen LogP contribution in [-0.4, -0.2) is 24.1 Å². The SMILES string of the molecule is CCCN(C)c1cc(CNC(C)(C)C)cc(C(C)(C)C)n1. The van der Waals surface area contributed by atoms with Gasteiger partial charge in [0.05, 0.1) is 0 Å². The Kier molecular flexibility index (Phi) is 5.80. The molecule has 0 aliphatic heterocycles. The number of aromatic nitrogens is 1. The van der Waals surface area contributed by atoms with Gasteiger partial charge in [-0.25, -0.2) is 4.98 Å². The number of nitrogens with one attached hydrogen (secondary N) is 1. The third-order valence-electron chi connectivity index (χ3n) is 3.41. The van der Waals surface area contributed by atoms with E-state index in [2.05, 4.69) is 77.9 Å². The number of pyridine rings is 1. The first-order chi connectivity index (χ1) is 9.53. The molecule has 1 aromatic rings. The van der Waals surface area contributed by atoms with Crippen molar-refractivity contribution in [2.24, 2.45) is 0 Å². The minimum absolute atomic E-state index is 0.0690. The summed E-state index contributed by atoms with van der Waals surface area (Å²) in [5, 5.41) is 3.57. The lowest BCUT2D eigenvalue weighted by molar-refractivity contribution is 0.423. The highest BCUT2D eigenvalue weighted by Crippen LogP contribution is 2.25. The Labute approximate surface area is 131 Å². The molecule has 0 unspecified atom stereocenters. The second kappa shape index (κ2) is 6.78. The van der Waals surface area contributed by atoms with Gasteiger partial charge >= 0.3 is 0 Å². The first kappa shape index (κ1) is 18.0. The van der Waals surface area contributed by atoms with Crippen LogP contribution in [0.25, 0.3) is 0 Å². The van der Waals surface area contributed by atoms with E-state index < -0.39 is 0 Å². The molecule has 3 nitrogen and oxygen atoms in total. The largest absolute Gasteiger partial charge is 0.360 e. The minimum atomic E-state index is 0.0690. The highest BCUT2D eigenvalue weighted by molar-refractivity contribution is 5.43. The van der Waals surface area contributed by atoms with Gasteiger partial charge in [-0.2, -0.15) is 0 Å². The van der Waals surface area contributed by atoms with E-state index in [4.69, 9.17) is 4.98 Å². The Bertz CT molecular complexity index is 453. The predicted octanol–water partition coefficient (Wildman–Crippen LogP) is 4.11. The van der Waals surface area contributed by atoms with Crippen molar-refractivity contribution in [3.05, 3.63) is 23.4 Å². The van der Waals surface area contributed by atoms with E-state index in [0.717, 1.165) is 31.0 Å². The van der Waals surface area contributed by atoms with Crippen LogP contribution in [0.5, 0.6) is 0 Å². The summed E-state index contributed by atoms with van der Waals surface area (Å²) < 4.78 is 0. The van der Waals surface area contributed by atoms with Gasteiger partial charge in [-0.05, 0) is 44.9 Å². The third-order valence-corrected chi connectivity index (χ3v) is 3.41. The van der Waals surface area contributed by atoms with Crippen LogP contribution in [0.15, 0.2) is 12.1 Å². The van der Waals surface area contributed by atoms with Gasteiger partial charge < -0.3 is 10.2 Å². The van der Waals surface area contributed by atoms with Crippen LogP contribution in [0.4, 0.5) is 5.82 Å². The molecule has 0 radical (unpaired) electrons. The molecule has 0 aliphatic rings. The fourth-order valence-corrected chi connectivity index (χ4v) is 2.07. The Morgan fingerprint density at radius 2 is 1.71 bits per heavy atom. The number of hydrogen-bond acceptors (Lipinski definition) is 3. The van der Waals surface area contributed by atoms with Crippen molar-refractivity contribution in [3.8, 4) is 0 Å². The average Bonchev–Trinajstić information content (AvgIpc) is 2.34. The quantitative estimate of drug-likeness (QED) is 0.884. The highest BCUT2D eigenvalue weighted by Gasteiger charge is 2.19. The zero-order chi connectivity index (χ0) is 16.3. The summed E-state index contributed by atoms with van der Waals surface area (Å²) in [5.41, 5.74) is 2.66. The van der Waals surface area contributed by atoms with E-state index in [1.165, 1.54) is 5.56 Å². The summed E-state index contributed by atoms with van der Waals surface area (Å²) >= 11 is 0. The monoisotopic (exact) mass is 291 g/mol. The van der Waals surface area contributed by atoms with Crippen molar-refractivity contribution in [1.82, 2.24) is 10.3 Å². The van der Waals surface area contributed by atoms with Gasteiger partial charge in [0.1, 0.15) is 5.82 Å². The lowest BCUT2D eigenvalue weighted by atomic mass is 9.90. The summed E-state index contributed by atoms with van der Waals surface area (Å²) in [6.45, 7) is 17.4. The first-order valence-corrected chi connectivity index (χ1v) is 8.00. The van der Waals surface area contributed by atoms with E-state index >= 15 is 0 Å².